The number of fused-ring (bicyclic) bond motifs is 3. The highest BCUT2D eigenvalue weighted by Crippen LogP contribution is 2.44. The van der Waals surface area contributed by atoms with Gasteiger partial charge in [0.1, 0.15) is 13.2 Å². The highest BCUT2D eigenvalue weighted by Gasteiger charge is 2.32. The largest absolute Gasteiger partial charge is 0.480 e. The van der Waals surface area contributed by atoms with E-state index in [1.807, 2.05) is 24.3 Å². The van der Waals surface area contributed by atoms with Crippen molar-refractivity contribution in [1.82, 2.24) is 4.90 Å². The Kier molecular flexibility index (Phi) is 4.81. The van der Waals surface area contributed by atoms with Crippen LogP contribution >= 0.6 is 0 Å². The Balaban J connectivity index is 1.39. The molecule has 1 amide bonds. The summed E-state index contributed by atoms with van der Waals surface area (Å²) >= 11 is 0. The molecule has 1 atom stereocenters. The van der Waals surface area contributed by atoms with E-state index in [0.717, 1.165) is 0 Å². The van der Waals surface area contributed by atoms with Gasteiger partial charge in [0.25, 0.3) is 0 Å². The first-order valence-corrected chi connectivity index (χ1v) is 9.07. The van der Waals surface area contributed by atoms with Crippen LogP contribution in [0.5, 0.6) is 0 Å². The van der Waals surface area contributed by atoms with Gasteiger partial charge in [-0.15, -0.1) is 0 Å². The number of rotatable bonds is 5. The second-order valence-corrected chi connectivity index (χ2v) is 6.87. The van der Waals surface area contributed by atoms with Crippen LogP contribution in [-0.2, 0) is 14.3 Å². The van der Waals surface area contributed by atoms with E-state index in [2.05, 4.69) is 24.3 Å². The lowest BCUT2D eigenvalue weighted by molar-refractivity contribution is -0.144. The minimum absolute atomic E-state index is 0.0306. The molecule has 140 valence electrons. The van der Waals surface area contributed by atoms with Crippen LogP contribution in [0.15, 0.2) is 48.5 Å². The van der Waals surface area contributed by atoms with Crippen molar-refractivity contribution in [1.29, 1.82) is 0 Å². The number of carboxylic acids is 1. The van der Waals surface area contributed by atoms with Crippen molar-refractivity contribution in [2.24, 2.45) is 0 Å². The van der Waals surface area contributed by atoms with Crippen LogP contribution in [0.3, 0.4) is 0 Å². The molecule has 2 aromatic carbocycles. The lowest BCUT2D eigenvalue weighted by Crippen LogP contribution is -2.32. The monoisotopic (exact) mass is 367 g/mol. The summed E-state index contributed by atoms with van der Waals surface area (Å²) in [5, 5.41) is 8.68. The molecule has 6 heteroatoms. The van der Waals surface area contributed by atoms with Gasteiger partial charge >= 0.3 is 12.1 Å². The van der Waals surface area contributed by atoms with Crippen LogP contribution < -0.4 is 0 Å². The quantitative estimate of drug-likeness (QED) is 0.879. The van der Waals surface area contributed by atoms with E-state index in [4.69, 9.17) is 14.6 Å². The highest BCUT2D eigenvalue weighted by atomic mass is 16.6. The highest BCUT2D eigenvalue weighted by molar-refractivity contribution is 5.79. The number of hydrogen-bond donors (Lipinski definition) is 1. The summed E-state index contributed by atoms with van der Waals surface area (Å²) in [7, 11) is 0. The SMILES string of the molecule is O=C(O)COC1CCN(C(=O)OCC2c3ccccc3-c3ccccc32)C1. The van der Waals surface area contributed by atoms with Gasteiger partial charge in [0, 0.05) is 12.5 Å². The summed E-state index contributed by atoms with van der Waals surface area (Å²) in [6, 6.07) is 16.4. The van der Waals surface area contributed by atoms with Crippen LogP contribution in [0, 0.1) is 0 Å². The normalized spacial score (nSPS) is 18.2. The first kappa shape index (κ1) is 17.5. The van der Waals surface area contributed by atoms with Gasteiger partial charge in [-0.2, -0.15) is 0 Å². The van der Waals surface area contributed by atoms with Crippen LogP contribution in [0.2, 0.25) is 0 Å². The molecule has 4 rings (SSSR count). The molecule has 27 heavy (non-hydrogen) atoms. The van der Waals surface area contributed by atoms with Gasteiger partial charge in [0.05, 0.1) is 12.6 Å². The Hall–Kier alpha value is -2.86. The molecular weight excluding hydrogens is 346 g/mol. The summed E-state index contributed by atoms with van der Waals surface area (Å²) in [4.78, 5) is 24.6. The predicted molar refractivity (Wildman–Crippen MR) is 98.6 cm³/mol. The van der Waals surface area contributed by atoms with Gasteiger partial charge in [0.15, 0.2) is 0 Å². The van der Waals surface area contributed by atoms with E-state index in [1.165, 1.54) is 22.3 Å². The first-order valence-electron chi connectivity index (χ1n) is 9.07. The Morgan fingerprint density at radius 2 is 1.67 bits per heavy atom. The van der Waals surface area contributed by atoms with E-state index in [1.54, 1.807) is 4.90 Å². The van der Waals surface area contributed by atoms with Crippen molar-refractivity contribution in [3.8, 4) is 11.1 Å². The number of carboxylic acid groups (broad SMARTS) is 1. The molecule has 0 aromatic heterocycles. The van der Waals surface area contributed by atoms with Crippen molar-refractivity contribution >= 4 is 12.1 Å². The zero-order chi connectivity index (χ0) is 18.8. The Bertz CT molecular complexity index is 820. The second-order valence-electron chi connectivity index (χ2n) is 6.87. The minimum atomic E-state index is -1.01. The second kappa shape index (κ2) is 7.40. The van der Waals surface area contributed by atoms with Crippen LogP contribution in [0.25, 0.3) is 11.1 Å². The van der Waals surface area contributed by atoms with Gasteiger partial charge in [0.2, 0.25) is 0 Å². The molecule has 1 heterocycles. The molecular formula is C21H21NO5. The third-order valence-corrected chi connectivity index (χ3v) is 5.18. The van der Waals surface area contributed by atoms with Gasteiger partial charge in [-0.25, -0.2) is 9.59 Å². The average molecular weight is 367 g/mol. The van der Waals surface area contributed by atoms with Gasteiger partial charge in [-0.3, -0.25) is 0 Å². The number of ether oxygens (including phenoxy) is 2. The van der Waals surface area contributed by atoms with Crippen molar-refractivity contribution in [3.05, 3.63) is 59.7 Å². The third-order valence-electron chi connectivity index (χ3n) is 5.18. The Morgan fingerprint density at radius 3 is 2.30 bits per heavy atom. The summed E-state index contributed by atoms with van der Waals surface area (Å²) in [6.07, 6.45) is -0.00263. The van der Waals surface area contributed by atoms with Crippen LogP contribution in [0.4, 0.5) is 4.79 Å². The Morgan fingerprint density at radius 1 is 1.04 bits per heavy atom. The molecule has 6 nitrogen and oxygen atoms in total. The number of carbonyl (C=O) groups excluding carboxylic acids is 1. The molecule has 0 bridgehead atoms. The fourth-order valence-electron chi connectivity index (χ4n) is 3.90. The molecule has 1 unspecified atom stereocenters. The van der Waals surface area contributed by atoms with Gasteiger partial charge in [-0.1, -0.05) is 48.5 Å². The third kappa shape index (κ3) is 3.53. The molecule has 1 N–H and O–H groups in total. The molecule has 0 radical (unpaired) electrons. The molecule has 1 saturated heterocycles. The molecule has 2 aromatic rings. The van der Waals surface area contributed by atoms with E-state index in [9.17, 15) is 9.59 Å². The summed E-state index contributed by atoms with van der Waals surface area (Å²) in [5.74, 6) is -0.974. The van der Waals surface area contributed by atoms with E-state index >= 15 is 0 Å². The summed E-state index contributed by atoms with van der Waals surface area (Å²) < 4.78 is 10.9. The fraction of sp³-hybridized carbons (Fsp3) is 0.333. The average Bonchev–Trinajstić information content (AvgIpc) is 3.28. The number of amides is 1. The minimum Gasteiger partial charge on any atom is -0.480 e. The number of benzene rings is 2. The van der Waals surface area contributed by atoms with Gasteiger partial charge < -0.3 is 19.5 Å². The van der Waals surface area contributed by atoms with Crippen LogP contribution in [-0.4, -0.2) is 54.5 Å². The lowest BCUT2D eigenvalue weighted by atomic mass is 9.98. The smallest absolute Gasteiger partial charge is 0.409 e. The number of hydrogen-bond acceptors (Lipinski definition) is 4. The zero-order valence-corrected chi connectivity index (χ0v) is 14.8. The fourth-order valence-corrected chi connectivity index (χ4v) is 3.90. The van der Waals surface area contributed by atoms with E-state index in [0.29, 0.717) is 19.5 Å². The zero-order valence-electron chi connectivity index (χ0n) is 14.8. The summed E-state index contributed by atoms with van der Waals surface area (Å²) in [5.41, 5.74) is 4.74. The lowest BCUT2D eigenvalue weighted by Gasteiger charge is -2.19. The van der Waals surface area contributed by atoms with Crippen molar-refractivity contribution in [2.45, 2.75) is 18.4 Å². The van der Waals surface area contributed by atoms with E-state index in [-0.39, 0.29) is 31.3 Å². The van der Waals surface area contributed by atoms with Crippen molar-refractivity contribution in [2.75, 3.05) is 26.3 Å². The topological polar surface area (TPSA) is 76.1 Å². The maximum atomic E-state index is 12.4. The maximum absolute atomic E-state index is 12.4. The number of carbonyl (C=O) groups is 2. The summed E-state index contributed by atoms with van der Waals surface area (Å²) in [6.45, 7) is 0.818. The molecule has 1 aliphatic heterocycles. The molecule has 1 fully saturated rings. The van der Waals surface area contributed by atoms with Crippen molar-refractivity contribution in [3.63, 3.8) is 0 Å². The predicted octanol–water partition coefficient (Wildman–Crippen LogP) is 3.11. The molecule has 0 saturated carbocycles. The van der Waals surface area contributed by atoms with Gasteiger partial charge in [-0.05, 0) is 28.7 Å². The molecule has 1 aliphatic carbocycles. The van der Waals surface area contributed by atoms with Crippen LogP contribution in [0.1, 0.15) is 23.5 Å². The number of nitrogens with zero attached hydrogens (tertiary/aromatic N) is 1. The van der Waals surface area contributed by atoms with E-state index < -0.39 is 5.97 Å². The number of aliphatic carboxylic acids is 1. The Labute approximate surface area is 157 Å². The molecule has 2 aliphatic rings. The van der Waals surface area contributed by atoms with Crippen molar-refractivity contribution < 1.29 is 24.2 Å². The standard InChI is InChI=1S/C21H21NO5/c23-20(24)13-26-14-9-10-22(11-14)21(25)27-12-19-17-7-3-1-5-15(17)16-6-2-4-8-18(16)19/h1-8,14,19H,9-13H2,(H,23,24). The molecule has 0 spiro atoms. The first-order chi connectivity index (χ1) is 13.1. The number of likely N-dealkylation sites (tertiary alicyclic amines) is 1. The maximum Gasteiger partial charge on any atom is 0.409 e.